The highest BCUT2D eigenvalue weighted by molar-refractivity contribution is 8.00. The summed E-state index contributed by atoms with van der Waals surface area (Å²) in [6.07, 6.45) is -0.742. The van der Waals surface area contributed by atoms with Crippen molar-refractivity contribution in [3.05, 3.63) is 35.6 Å². The molecule has 20 heavy (non-hydrogen) atoms. The van der Waals surface area contributed by atoms with Crippen molar-refractivity contribution in [3.8, 4) is 0 Å². The zero-order valence-electron chi connectivity index (χ0n) is 12.5. The molecule has 2 rings (SSSR count). The lowest BCUT2D eigenvalue weighted by molar-refractivity contribution is 0.0837. The van der Waals surface area contributed by atoms with E-state index in [1.807, 2.05) is 18.7 Å². The molecule has 0 spiro atoms. The van der Waals surface area contributed by atoms with Crippen LogP contribution < -0.4 is 0 Å². The second-order valence-corrected chi connectivity index (χ2v) is 8.09. The molecule has 2 unspecified atom stereocenters. The predicted molar refractivity (Wildman–Crippen MR) is 83.5 cm³/mol. The summed E-state index contributed by atoms with van der Waals surface area (Å²) in [4.78, 5) is 2.38. The Kier molecular flexibility index (Phi) is 5.10. The summed E-state index contributed by atoms with van der Waals surface area (Å²) in [7, 11) is 0. The third-order valence-corrected chi connectivity index (χ3v) is 5.11. The van der Waals surface area contributed by atoms with Crippen molar-refractivity contribution >= 4 is 11.8 Å². The Morgan fingerprint density at radius 2 is 2.10 bits per heavy atom. The van der Waals surface area contributed by atoms with Crippen LogP contribution in [0.1, 0.15) is 32.4 Å². The number of aliphatic hydroxyl groups excluding tert-OH is 1. The third kappa shape index (κ3) is 3.96. The normalized spacial score (nSPS) is 22.4. The van der Waals surface area contributed by atoms with Gasteiger partial charge >= 0.3 is 0 Å². The van der Waals surface area contributed by atoms with Crippen LogP contribution in [0.25, 0.3) is 0 Å². The summed E-state index contributed by atoms with van der Waals surface area (Å²) < 4.78 is 14.0. The molecule has 1 saturated heterocycles. The van der Waals surface area contributed by atoms with Crippen LogP contribution in [0.15, 0.2) is 24.3 Å². The van der Waals surface area contributed by atoms with Gasteiger partial charge < -0.3 is 10.0 Å². The lowest BCUT2D eigenvalue weighted by Crippen LogP contribution is -2.45. The average Bonchev–Trinajstić information content (AvgIpc) is 2.37. The van der Waals surface area contributed by atoms with E-state index in [0.717, 1.165) is 25.4 Å². The topological polar surface area (TPSA) is 23.5 Å². The Balaban J connectivity index is 1.98. The molecule has 0 bridgehead atoms. The van der Waals surface area contributed by atoms with Crippen LogP contribution in [0.4, 0.5) is 4.39 Å². The van der Waals surface area contributed by atoms with Crippen LogP contribution in [0.2, 0.25) is 0 Å². The van der Waals surface area contributed by atoms with E-state index < -0.39 is 6.10 Å². The van der Waals surface area contributed by atoms with Gasteiger partial charge in [0.25, 0.3) is 0 Å². The van der Waals surface area contributed by atoms with Crippen LogP contribution in [-0.2, 0) is 0 Å². The van der Waals surface area contributed by atoms with Crippen molar-refractivity contribution in [2.45, 2.75) is 31.6 Å². The molecule has 1 heterocycles. The van der Waals surface area contributed by atoms with E-state index in [-0.39, 0.29) is 16.5 Å². The summed E-state index contributed by atoms with van der Waals surface area (Å²) in [5, 5.41) is 10.4. The Morgan fingerprint density at radius 3 is 2.75 bits per heavy atom. The van der Waals surface area contributed by atoms with E-state index in [1.54, 1.807) is 18.2 Å². The standard InChI is InChI=1S/C16H24FNOS/c1-12(10-18-8-9-20-16(2,3)11-18)15(19)13-6-4-5-7-14(13)17/h4-7,12,15,19H,8-11H2,1-3H3. The summed E-state index contributed by atoms with van der Waals surface area (Å²) >= 11 is 1.99. The lowest BCUT2D eigenvalue weighted by atomic mass is 9.96. The van der Waals surface area contributed by atoms with Crippen molar-refractivity contribution in [3.63, 3.8) is 0 Å². The SMILES string of the molecule is CC(CN1CCSC(C)(C)C1)C(O)c1ccccc1F. The molecule has 1 aromatic carbocycles. The van der Waals surface area contributed by atoms with Crippen molar-refractivity contribution in [2.75, 3.05) is 25.4 Å². The van der Waals surface area contributed by atoms with Crippen LogP contribution >= 0.6 is 11.8 Å². The average molecular weight is 297 g/mol. The monoisotopic (exact) mass is 297 g/mol. The van der Waals surface area contributed by atoms with Gasteiger partial charge in [-0.05, 0) is 25.8 Å². The summed E-state index contributed by atoms with van der Waals surface area (Å²) in [6.45, 7) is 9.36. The molecule has 0 aromatic heterocycles. The summed E-state index contributed by atoms with van der Waals surface area (Å²) in [5.74, 6) is 0.822. The number of aliphatic hydroxyl groups is 1. The minimum absolute atomic E-state index is 0.0193. The van der Waals surface area contributed by atoms with Gasteiger partial charge in [0.2, 0.25) is 0 Å². The summed E-state index contributed by atoms with van der Waals surface area (Å²) in [6, 6.07) is 6.51. The number of rotatable bonds is 4. The molecular weight excluding hydrogens is 273 g/mol. The van der Waals surface area contributed by atoms with Gasteiger partial charge in [0.15, 0.2) is 0 Å². The van der Waals surface area contributed by atoms with Crippen molar-refractivity contribution in [1.82, 2.24) is 4.90 Å². The smallest absolute Gasteiger partial charge is 0.129 e. The highest BCUT2D eigenvalue weighted by Gasteiger charge is 2.29. The van der Waals surface area contributed by atoms with E-state index in [9.17, 15) is 9.50 Å². The minimum Gasteiger partial charge on any atom is -0.388 e. The van der Waals surface area contributed by atoms with Gasteiger partial charge in [-0.1, -0.05) is 25.1 Å². The van der Waals surface area contributed by atoms with Gasteiger partial charge in [0, 0.05) is 35.7 Å². The fourth-order valence-corrected chi connectivity index (χ4v) is 3.97. The molecule has 2 atom stereocenters. The molecule has 112 valence electrons. The Labute approximate surface area is 125 Å². The van der Waals surface area contributed by atoms with E-state index in [0.29, 0.717) is 5.56 Å². The molecule has 0 radical (unpaired) electrons. The molecule has 1 N–H and O–H groups in total. The number of benzene rings is 1. The molecule has 0 aliphatic carbocycles. The second kappa shape index (κ2) is 6.46. The highest BCUT2D eigenvalue weighted by atomic mass is 32.2. The maximum absolute atomic E-state index is 13.7. The van der Waals surface area contributed by atoms with Gasteiger partial charge in [0.05, 0.1) is 6.10 Å². The van der Waals surface area contributed by atoms with Crippen molar-refractivity contribution in [2.24, 2.45) is 5.92 Å². The van der Waals surface area contributed by atoms with Crippen LogP contribution in [0.5, 0.6) is 0 Å². The maximum atomic E-state index is 13.7. The first kappa shape index (κ1) is 15.8. The first-order valence-electron chi connectivity index (χ1n) is 7.18. The fourth-order valence-electron chi connectivity index (χ4n) is 2.80. The Morgan fingerprint density at radius 1 is 1.40 bits per heavy atom. The number of hydrogen-bond donors (Lipinski definition) is 1. The Hall–Kier alpha value is -0.580. The van der Waals surface area contributed by atoms with Gasteiger partial charge in [0.1, 0.15) is 5.82 Å². The molecule has 0 amide bonds. The molecular formula is C16H24FNOS. The predicted octanol–water partition coefficient (Wildman–Crippen LogP) is 3.32. The van der Waals surface area contributed by atoms with Crippen molar-refractivity contribution in [1.29, 1.82) is 0 Å². The first-order chi connectivity index (χ1) is 9.39. The minimum atomic E-state index is -0.742. The fraction of sp³-hybridized carbons (Fsp3) is 0.625. The highest BCUT2D eigenvalue weighted by Crippen LogP contribution is 2.31. The zero-order chi connectivity index (χ0) is 14.8. The van der Waals surface area contributed by atoms with Crippen LogP contribution in [-0.4, -0.2) is 40.1 Å². The summed E-state index contributed by atoms with van der Waals surface area (Å²) in [5.41, 5.74) is 0.408. The van der Waals surface area contributed by atoms with Gasteiger partial charge in [-0.15, -0.1) is 0 Å². The molecule has 1 aliphatic heterocycles. The third-order valence-electron chi connectivity index (χ3n) is 3.81. The zero-order valence-corrected chi connectivity index (χ0v) is 13.3. The van der Waals surface area contributed by atoms with E-state index in [1.165, 1.54) is 6.07 Å². The number of nitrogens with zero attached hydrogens (tertiary/aromatic N) is 1. The van der Waals surface area contributed by atoms with Crippen molar-refractivity contribution < 1.29 is 9.50 Å². The Bertz CT molecular complexity index is 452. The molecule has 0 saturated carbocycles. The van der Waals surface area contributed by atoms with E-state index >= 15 is 0 Å². The van der Waals surface area contributed by atoms with Crippen LogP contribution in [0, 0.1) is 11.7 Å². The second-order valence-electron chi connectivity index (χ2n) is 6.29. The largest absolute Gasteiger partial charge is 0.388 e. The van der Waals surface area contributed by atoms with E-state index in [2.05, 4.69) is 18.7 Å². The van der Waals surface area contributed by atoms with Crippen LogP contribution in [0.3, 0.4) is 0 Å². The molecule has 1 fully saturated rings. The van der Waals surface area contributed by atoms with Gasteiger partial charge in [-0.2, -0.15) is 11.8 Å². The van der Waals surface area contributed by atoms with Gasteiger partial charge in [-0.25, -0.2) is 4.39 Å². The van der Waals surface area contributed by atoms with E-state index in [4.69, 9.17) is 0 Å². The molecule has 4 heteroatoms. The first-order valence-corrected chi connectivity index (χ1v) is 8.16. The van der Waals surface area contributed by atoms with Gasteiger partial charge in [-0.3, -0.25) is 0 Å². The molecule has 1 aromatic rings. The maximum Gasteiger partial charge on any atom is 0.129 e. The molecule has 1 aliphatic rings. The quantitative estimate of drug-likeness (QED) is 0.922. The number of halogens is 1. The molecule has 2 nitrogen and oxygen atoms in total. The number of thioether (sulfide) groups is 1. The lowest BCUT2D eigenvalue weighted by Gasteiger charge is -2.39. The number of hydrogen-bond acceptors (Lipinski definition) is 3.